The highest BCUT2D eigenvalue weighted by atomic mass is 35.5. The van der Waals surface area contributed by atoms with Crippen LogP contribution in [0.4, 0.5) is 8.78 Å². The van der Waals surface area contributed by atoms with E-state index < -0.39 is 5.76 Å². The molecule has 0 N–H and O–H groups in total. The molecule has 2 aromatic rings. The van der Waals surface area contributed by atoms with Gasteiger partial charge in [0.2, 0.25) is 0 Å². The molecular formula is C17H14ClF2NOS2. The minimum absolute atomic E-state index is 0.152. The van der Waals surface area contributed by atoms with Crippen LogP contribution in [0.1, 0.15) is 21.3 Å². The van der Waals surface area contributed by atoms with Gasteiger partial charge in [0.1, 0.15) is 5.37 Å². The molecule has 1 amide bonds. The normalized spacial score (nSPS) is 17.5. The molecule has 0 spiro atoms. The van der Waals surface area contributed by atoms with Gasteiger partial charge in [-0.05, 0) is 29.8 Å². The van der Waals surface area contributed by atoms with E-state index in [1.165, 1.54) is 0 Å². The van der Waals surface area contributed by atoms with Crippen molar-refractivity contribution < 1.29 is 13.6 Å². The number of thioether (sulfide) groups is 2. The van der Waals surface area contributed by atoms with Gasteiger partial charge in [0, 0.05) is 22.2 Å². The summed E-state index contributed by atoms with van der Waals surface area (Å²) in [6.07, 6.45) is 0. The smallest absolute Gasteiger partial charge is 0.288 e. The van der Waals surface area contributed by atoms with Crippen LogP contribution in [0.3, 0.4) is 0 Å². The summed E-state index contributed by atoms with van der Waals surface area (Å²) < 4.78 is 25.5. The predicted octanol–water partition coefficient (Wildman–Crippen LogP) is 5.54. The van der Waals surface area contributed by atoms with Crippen LogP contribution in [0, 0.1) is 0 Å². The van der Waals surface area contributed by atoms with Crippen molar-refractivity contribution in [2.24, 2.45) is 0 Å². The van der Waals surface area contributed by atoms with Crippen molar-refractivity contribution in [1.82, 2.24) is 4.90 Å². The molecule has 1 unspecified atom stereocenters. The molecule has 1 saturated heterocycles. The van der Waals surface area contributed by atoms with E-state index in [-0.39, 0.29) is 11.3 Å². The first-order chi connectivity index (χ1) is 11.6. The van der Waals surface area contributed by atoms with Crippen molar-refractivity contribution in [2.45, 2.75) is 16.0 Å². The molecule has 0 radical (unpaired) electrons. The van der Waals surface area contributed by atoms with Gasteiger partial charge in [-0.25, -0.2) is 0 Å². The van der Waals surface area contributed by atoms with Crippen LogP contribution in [0.25, 0.3) is 0 Å². The monoisotopic (exact) mass is 385 g/mol. The molecule has 0 saturated carbocycles. The molecular weight excluding hydrogens is 372 g/mol. The van der Waals surface area contributed by atoms with E-state index in [0.717, 1.165) is 11.3 Å². The van der Waals surface area contributed by atoms with Crippen molar-refractivity contribution in [3.05, 3.63) is 64.7 Å². The minimum atomic E-state index is -2.56. The average Bonchev–Trinajstić information content (AvgIpc) is 3.04. The Morgan fingerprint density at radius 2 is 2.04 bits per heavy atom. The highest BCUT2D eigenvalue weighted by molar-refractivity contribution is 8.00. The van der Waals surface area contributed by atoms with Crippen LogP contribution in [-0.2, 0) is 0 Å². The topological polar surface area (TPSA) is 20.3 Å². The molecule has 1 aliphatic rings. The Hall–Kier alpha value is -1.24. The Bertz CT molecular complexity index is 744. The lowest BCUT2D eigenvalue weighted by atomic mass is 10.1. The van der Waals surface area contributed by atoms with E-state index in [0.29, 0.717) is 33.8 Å². The molecule has 3 rings (SSSR count). The van der Waals surface area contributed by atoms with Gasteiger partial charge in [-0.3, -0.25) is 4.79 Å². The first-order valence-electron chi connectivity index (χ1n) is 7.28. The van der Waals surface area contributed by atoms with Crippen LogP contribution in [0.5, 0.6) is 0 Å². The van der Waals surface area contributed by atoms with Gasteiger partial charge in [0.15, 0.2) is 0 Å². The van der Waals surface area contributed by atoms with Crippen LogP contribution < -0.4 is 0 Å². The Kier molecular flexibility index (Phi) is 5.69. The molecule has 7 heteroatoms. The fourth-order valence-corrected chi connectivity index (χ4v) is 4.69. The third-order valence-corrected chi connectivity index (χ3v) is 5.90. The van der Waals surface area contributed by atoms with Gasteiger partial charge >= 0.3 is 0 Å². The number of carbonyl (C=O) groups is 1. The van der Waals surface area contributed by atoms with Crippen LogP contribution in [-0.4, -0.2) is 28.9 Å². The number of amides is 1. The predicted molar refractivity (Wildman–Crippen MR) is 96.0 cm³/mol. The Morgan fingerprint density at radius 1 is 1.25 bits per heavy atom. The number of halogens is 3. The van der Waals surface area contributed by atoms with Crippen molar-refractivity contribution in [3.8, 4) is 0 Å². The SMILES string of the molecule is O=C(c1ccccc1SC(F)F)N1CCSC1c1cccc(Cl)c1. The standard InChI is InChI=1S/C17H14ClF2NOS2/c18-12-5-3-4-11(10-12)16-21(8-9-23-16)15(22)13-6-1-2-7-14(13)24-17(19)20/h1-7,10,16-17H,8-9H2. The van der Waals surface area contributed by atoms with E-state index in [4.69, 9.17) is 11.6 Å². The molecule has 2 nitrogen and oxygen atoms in total. The lowest BCUT2D eigenvalue weighted by molar-refractivity contribution is 0.0757. The molecule has 24 heavy (non-hydrogen) atoms. The average molecular weight is 386 g/mol. The molecule has 1 heterocycles. The first kappa shape index (κ1) is 17.6. The highest BCUT2D eigenvalue weighted by Gasteiger charge is 2.32. The van der Waals surface area contributed by atoms with E-state index in [2.05, 4.69) is 0 Å². The van der Waals surface area contributed by atoms with Crippen molar-refractivity contribution in [1.29, 1.82) is 0 Å². The Morgan fingerprint density at radius 3 is 2.79 bits per heavy atom. The molecule has 1 atom stereocenters. The lowest BCUT2D eigenvalue weighted by Crippen LogP contribution is -2.30. The van der Waals surface area contributed by atoms with E-state index >= 15 is 0 Å². The zero-order valence-electron chi connectivity index (χ0n) is 12.5. The summed E-state index contributed by atoms with van der Waals surface area (Å²) in [5, 5.41) is 0.460. The molecule has 0 aliphatic carbocycles. The van der Waals surface area contributed by atoms with Gasteiger partial charge < -0.3 is 4.90 Å². The number of hydrogen-bond acceptors (Lipinski definition) is 3. The number of alkyl halides is 2. The molecule has 1 fully saturated rings. The minimum Gasteiger partial charge on any atom is -0.322 e. The van der Waals surface area contributed by atoms with Gasteiger partial charge in [0.05, 0.1) is 5.56 Å². The second-order valence-corrected chi connectivity index (χ2v) is 7.81. The van der Waals surface area contributed by atoms with Crippen LogP contribution >= 0.6 is 35.1 Å². The third-order valence-electron chi connectivity index (χ3n) is 3.62. The zero-order valence-corrected chi connectivity index (χ0v) is 14.9. The van der Waals surface area contributed by atoms with Crippen molar-refractivity contribution in [3.63, 3.8) is 0 Å². The summed E-state index contributed by atoms with van der Waals surface area (Å²) in [4.78, 5) is 15.0. The Labute approximate surface area is 152 Å². The van der Waals surface area contributed by atoms with Gasteiger partial charge in [-0.2, -0.15) is 8.78 Å². The molecule has 2 aromatic carbocycles. The molecule has 0 aromatic heterocycles. The van der Waals surface area contributed by atoms with Gasteiger partial charge in [-0.15, -0.1) is 11.8 Å². The molecule has 1 aliphatic heterocycles. The highest BCUT2D eigenvalue weighted by Crippen LogP contribution is 2.40. The van der Waals surface area contributed by atoms with Crippen LogP contribution in [0.15, 0.2) is 53.4 Å². The zero-order chi connectivity index (χ0) is 17.1. The number of rotatable bonds is 4. The fourth-order valence-electron chi connectivity index (χ4n) is 2.61. The summed E-state index contributed by atoms with van der Waals surface area (Å²) in [5.74, 6) is -1.99. The Balaban J connectivity index is 1.89. The maximum atomic E-state index is 12.9. The number of hydrogen-bond donors (Lipinski definition) is 0. The maximum absolute atomic E-state index is 12.9. The lowest BCUT2D eigenvalue weighted by Gasteiger charge is -2.25. The van der Waals surface area contributed by atoms with E-state index in [9.17, 15) is 13.6 Å². The third kappa shape index (κ3) is 3.87. The van der Waals surface area contributed by atoms with Crippen LogP contribution in [0.2, 0.25) is 5.02 Å². The summed E-state index contributed by atoms with van der Waals surface area (Å²) in [6, 6.07) is 13.9. The molecule has 0 bridgehead atoms. The largest absolute Gasteiger partial charge is 0.322 e. The molecule has 126 valence electrons. The first-order valence-corrected chi connectivity index (χ1v) is 9.59. The van der Waals surface area contributed by atoms with E-state index in [1.807, 2.05) is 18.2 Å². The summed E-state index contributed by atoms with van der Waals surface area (Å²) in [5.41, 5.74) is 1.26. The maximum Gasteiger partial charge on any atom is 0.288 e. The van der Waals surface area contributed by atoms with Gasteiger partial charge in [0.25, 0.3) is 11.7 Å². The number of nitrogens with zero attached hydrogens (tertiary/aromatic N) is 1. The second-order valence-electron chi connectivity index (χ2n) is 5.15. The van der Waals surface area contributed by atoms with Gasteiger partial charge in [-0.1, -0.05) is 47.6 Å². The van der Waals surface area contributed by atoms with E-state index in [1.54, 1.807) is 47.0 Å². The van der Waals surface area contributed by atoms with Crippen molar-refractivity contribution in [2.75, 3.05) is 12.3 Å². The fraction of sp³-hybridized carbons (Fsp3) is 0.235. The number of carbonyl (C=O) groups excluding carboxylic acids is 1. The number of benzene rings is 2. The second kappa shape index (κ2) is 7.76. The summed E-state index contributed by atoms with van der Waals surface area (Å²) in [6.45, 7) is 0.578. The summed E-state index contributed by atoms with van der Waals surface area (Å²) >= 11 is 8.10. The quantitative estimate of drug-likeness (QED) is 0.644. The van der Waals surface area contributed by atoms with Crippen molar-refractivity contribution >= 4 is 41.0 Å². The summed E-state index contributed by atoms with van der Waals surface area (Å²) in [7, 11) is 0.